The van der Waals surface area contributed by atoms with Crippen molar-refractivity contribution in [2.75, 3.05) is 0 Å². The first-order valence-corrected chi connectivity index (χ1v) is 6.26. The molecule has 3 aromatic rings. The molecule has 0 bridgehead atoms. The monoisotopic (exact) mass is 273 g/mol. The van der Waals surface area contributed by atoms with E-state index in [2.05, 4.69) is 0 Å². The number of aromatic nitrogens is 1. The molecule has 2 aromatic carbocycles. The normalized spacial score (nSPS) is 10.9. The van der Waals surface area contributed by atoms with Crippen LogP contribution in [0.15, 0.2) is 48.5 Å². The summed E-state index contributed by atoms with van der Waals surface area (Å²) >= 11 is 0. The van der Waals surface area contributed by atoms with Crippen molar-refractivity contribution >= 4 is 10.9 Å². The van der Waals surface area contributed by atoms with Crippen LogP contribution in [0.3, 0.4) is 0 Å². The summed E-state index contributed by atoms with van der Waals surface area (Å²) in [6.45, 7) is 0.302. The molecule has 0 saturated heterocycles. The second-order valence-electron chi connectivity index (χ2n) is 4.64. The Morgan fingerprint density at radius 3 is 2.60 bits per heavy atom. The van der Waals surface area contributed by atoms with Gasteiger partial charge in [0.1, 0.15) is 24.0 Å². The van der Waals surface area contributed by atoms with E-state index in [0.29, 0.717) is 12.4 Å². The van der Waals surface area contributed by atoms with Gasteiger partial charge in [0.25, 0.3) is 0 Å². The zero-order valence-corrected chi connectivity index (χ0v) is 10.9. The van der Waals surface area contributed by atoms with Crippen molar-refractivity contribution in [1.82, 2.24) is 4.57 Å². The molecule has 0 N–H and O–H groups in total. The van der Waals surface area contributed by atoms with Crippen LogP contribution in [0.1, 0.15) is 5.69 Å². The molecule has 1 aromatic heterocycles. The summed E-state index contributed by atoms with van der Waals surface area (Å²) in [4.78, 5) is 0. The van der Waals surface area contributed by atoms with Crippen molar-refractivity contribution in [1.29, 1.82) is 0 Å². The van der Waals surface area contributed by atoms with Crippen LogP contribution in [-0.2, 0) is 13.7 Å². The molecule has 0 radical (unpaired) electrons. The van der Waals surface area contributed by atoms with Crippen molar-refractivity contribution in [2.24, 2.45) is 7.05 Å². The van der Waals surface area contributed by atoms with E-state index in [1.165, 1.54) is 24.3 Å². The van der Waals surface area contributed by atoms with E-state index >= 15 is 0 Å². The van der Waals surface area contributed by atoms with Gasteiger partial charge in [-0.2, -0.15) is 0 Å². The molecule has 0 atom stereocenters. The Labute approximate surface area is 115 Å². The Kier molecular flexibility index (Phi) is 3.14. The molecule has 20 heavy (non-hydrogen) atoms. The first-order valence-electron chi connectivity index (χ1n) is 6.26. The van der Waals surface area contributed by atoms with Crippen LogP contribution < -0.4 is 4.74 Å². The summed E-state index contributed by atoms with van der Waals surface area (Å²) in [5.41, 5.74) is 1.83. The molecule has 3 rings (SSSR count). The number of nitrogens with zero attached hydrogens (tertiary/aromatic N) is 1. The van der Waals surface area contributed by atoms with E-state index in [1.54, 1.807) is 18.2 Å². The number of hydrogen-bond donors (Lipinski definition) is 0. The molecule has 2 nitrogen and oxygen atoms in total. The van der Waals surface area contributed by atoms with Gasteiger partial charge < -0.3 is 9.30 Å². The molecule has 0 amide bonds. The van der Waals surface area contributed by atoms with Crippen LogP contribution >= 0.6 is 0 Å². The molecule has 0 fully saturated rings. The van der Waals surface area contributed by atoms with E-state index in [1.807, 2.05) is 17.7 Å². The number of fused-ring (bicyclic) bond motifs is 1. The van der Waals surface area contributed by atoms with Gasteiger partial charge in [0.15, 0.2) is 0 Å². The smallest absolute Gasteiger partial charge is 0.128 e. The van der Waals surface area contributed by atoms with E-state index in [9.17, 15) is 8.78 Å². The van der Waals surface area contributed by atoms with Gasteiger partial charge in [0.2, 0.25) is 0 Å². The summed E-state index contributed by atoms with van der Waals surface area (Å²) in [6.07, 6.45) is 0. The van der Waals surface area contributed by atoms with Gasteiger partial charge in [0.05, 0.1) is 5.69 Å². The third-order valence-electron chi connectivity index (χ3n) is 3.29. The average Bonchev–Trinajstić information content (AvgIpc) is 2.72. The third kappa shape index (κ3) is 2.37. The van der Waals surface area contributed by atoms with Crippen LogP contribution in [0.25, 0.3) is 10.9 Å². The lowest BCUT2D eigenvalue weighted by atomic mass is 10.2. The Bertz CT molecular complexity index is 764. The highest BCUT2D eigenvalue weighted by molar-refractivity contribution is 5.81. The molecule has 4 heteroatoms. The van der Waals surface area contributed by atoms with E-state index in [4.69, 9.17) is 4.74 Å². The highest BCUT2D eigenvalue weighted by Crippen LogP contribution is 2.21. The minimum atomic E-state index is -0.332. The largest absolute Gasteiger partial charge is 0.487 e. The lowest BCUT2D eigenvalue weighted by Crippen LogP contribution is -2.01. The zero-order valence-electron chi connectivity index (χ0n) is 10.9. The minimum absolute atomic E-state index is 0.263. The molecular weight excluding hydrogens is 260 g/mol. The second kappa shape index (κ2) is 4.96. The van der Waals surface area contributed by atoms with Crippen molar-refractivity contribution in [3.8, 4) is 5.75 Å². The van der Waals surface area contributed by atoms with E-state index < -0.39 is 0 Å². The van der Waals surface area contributed by atoms with E-state index in [0.717, 1.165) is 16.6 Å². The van der Waals surface area contributed by atoms with Gasteiger partial charge in [-0.25, -0.2) is 8.78 Å². The molecular formula is C16H13F2NO. The molecule has 0 unspecified atom stereocenters. The molecule has 0 aliphatic heterocycles. The van der Waals surface area contributed by atoms with Crippen LogP contribution in [0.5, 0.6) is 5.75 Å². The van der Waals surface area contributed by atoms with Crippen LogP contribution in [-0.4, -0.2) is 4.57 Å². The number of aryl methyl sites for hydroxylation is 1. The first kappa shape index (κ1) is 12.7. The average molecular weight is 273 g/mol. The maximum atomic E-state index is 13.2. The fourth-order valence-corrected chi connectivity index (χ4v) is 2.23. The topological polar surface area (TPSA) is 14.2 Å². The summed E-state index contributed by atoms with van der Waals surface area (Å²) < 4.78 is 33.7. The molecule has 0 aliphatic carbocycles. The number of benzene rings is 2. The fraction of sp³-hybridized carbons (Fsp3) is 0.125. The second-order valence-corrected chi connectivity index (χ2v) is 4.64. The van der Waals surface area contributed by atoms with Crippen LogP contribution in [0, 0.1) is 11.6 Å². The Hall–Kier alpha value is -2.36. The number of rotatable bonds is 3. The highest BCUT2D eigenvalue weighted by atomic mass is 19.1. The van der Waals surface area contributed by atoms with Gasteiger partial charge in [0, 0.05) is 24.0 Å². The van der Waals surface area contributed by atoms with E-state index in [-0.39, 0.29) is 11.6 Å². The lowest BCUT2D eigenvalue weighted by molar-refractivity contribution is 0.296. The van der Waals surface area contributed by atoms with Crippen molar-refractivity contribution < 1.29 is 13.5 Å². The molecule has 0 spiro atoms. The summed E-state index contributed by atoms with van der Waals surface area (Å²) in [5.74, 6) is -0.122. The Morgan fingerprint density at radius 2 is 1.80 bits per heavy atom. The van der Waals surface area contributed by atoms with Gasteiger partial charge >= 0.3 is 0 Å². The summed E-state index contributed by atoms with van der Waals surface area (Å²) in [6, 6.07) is 12.5. The maximum Gasteiger partial charge on any atom is 0.128 e. The molecule has 0 saturated carbocycles. The summed E-state index contributed by atoms with van der Waals surface area (Å²) in [5, 5.41) is 0.824. The number of halogens is 2. The minimum Gasteiger partial charge on any atom is -0.487 e. The first-order chi connectivity index (χ1) is 9.63. The molecule has 0 aliphatic rings. The number of ether oxygens (including phenoxy) is 1. The predicted octanol–water partition coefficient (Wildman–Crippen LogP) is 4.04. The Morgan fingerprint density at radius 1 is 1.00 bits per heavy atom. The summed E-state index contributed by atoms with van der Waals surface area (Å²) in [7, 11) is 1.89. The number of hydrogen-bond acceptors (Lipinski definition) is 1. The van der Waals surface area contributed by atoms with Crippen LogP contribution in [0.2, 0.25) is 0 Å². The van der Waals surface area contributed by atoms with Crippen molar-refractivity contribution in [3.05, 3.63) is 65.9 Å². The van der Waals surface area contributed by atoms with Gasteiger partial charge in [-0.1, -0.05) is 6.07 Å². The maximum absolute atomic E-state index is 13.2. The van der Waals surface area contributed by atoms with Gasteiger partial charge in [-0.15, -0.1) is 0 Å². The SMILES string of the molecule is Cn1c(COc2cccc(F)c2)cc2cc(F)ccc21. The molecule has 1 heterocycles. The van der Waals surface area contributed by atoms with Crippen molar-refractivity contribution in [2.45, 2.75) is 6.61 Å². The molecule has 102 valence electrons. The predicted molar refractivity (Wildman–Crippen MR) is 73.6 cm³/mol. The highest BCUT2D eigenvalue weighted by Gasteiger charge is 2.07. The van der Waals surface area contributed by atoms with Gasteiger partial charge in [-0.05, 0) is 36.4 Å². The van der Waals surface area contributed by atoms with Gasteiger partial charge in [-0.3, -0.25) is 0 Å². The fourth-order valence-electron chi connectivity index (χ4n) is 2.23. The zero-order chi connectivity index (χ0) is 14.1. The quantitative estimate of drug-likeness (QED) is 0.702. The standard InChI is InChI=1S/C16H13F2NO/c1-19-14(8-11-7-13(18)5-6-16(11)19)10-20-15-4-2-3-12(17)9-15/h2-9H,10H2,1H3. The van der Waals surface area contributed by atoms with Crippen LogP contribution in [0.4, 0.5) is 8.78 Å². The lowest BCUT2D eigenvalue weighted by Gasteiger charge is -2.07. The third-order valence-corrected chi connectivity index (χ3v) is 3.29. The Balaban J connectivity index is 1.86. The van der Waals surface area contributed by atoms with Crippen molar-refractivity contribution in [3.63, 3.8) is 0 Å².